The summed E-state index contributed by atoms with van der Waals surface area (Å²) in [5.41, 5.74) is 6.00. The Balaban J connectivity index is 3.13. The topological polar surface area (TPSA) is 59.2 Å². The fourth-order valence-corrected chi connectivity index (χ4v) is 2.84. The number of nitrogens with two attached hydrogens (primary N) is 1. The molecule has 1 aromatic rings. The first kappa shape index (κ1) is 16.6. The monoisotopic (exact) mass is 293 g/mol. The highest BCUT2D eigenvalue weighted by Crippen LogP contribution is 2.34. The Morgan fingerprint density at radius 2 is 1.80 bits per heavy atom. The van der Waals surface area contributed by atoms with E-state index in [0.29, 0.717) is 17.8 Å². The summed E-state index contributed by atoms with van der Waals surface area (Å²) >= 11 is 5.22. The van der Waals surface area contributed by atoms with Gasteiger partial charge < -0.3 is 10.6 Å². The molecule has 1 aromatic heterocycles. The minimum absolute atomic E-state index is 0.0279. The molecule has 0 unspecified atom stereocenters. The van der Waals surface area contributed by atoms with E-state index in [0.717, 1.165) is 18.5 Å². The third-order valence-electron chi connectivity index (χ3n) is 3.59. The lowest BCUT2D eigenvalue weighted by Crippen LogP contribution is -2.49. The third kappa shape index (κ3) is 3.33. The van der Waals surface area contributed by atoms with Gasteiger partial charge in [0, 0.05) is 25.1 Å². The van der Waals surface area contributed by atoms with E-state index in [1.807, 2.05) is 13.8 Å². The van der Waals surface area contributed by atoms with Crippen LogP contribution in [-0.4, -0.2) is 22.9 Å². The van der Waals surface area contributed by atoms with Crippen molar-refractivity contribution in [1.82, 2.24) is 4.98 Å². The third-order valence-corrected chi connectivity index (χ3v) is 3.98. The van der Waals surface area contributed by atoms with Gasteiger partial charge in [-0.2, -0.15) is 0 Å². The molecule has 0 spiro atoms. The number of anilines is 1. The Hall–Kier alpha value is -1.49. The predicted octanol–water partition coefficient (Wildman–Crippen LogP) is 2.92. The van der Waals surface area contributed by atoms with Crippen LogP contribution < -0.4 is 10.6 Å². The zero-order valence-corrected chi connectivity index (χ0v) is 13.2. The van der Waals surface area contributed by atoms with Crippen molar-refractivity contribution in [3.63, 3.8) is 0 Å². The molecule has 5 heteroatoms. The lowest BCUT2D eigenvalue weighted by molar-refractivity contribution is -0.125. The van der Waals surface area contributed by atoms with Gasteiger partial charge in [0.25, 0.3) is 0 Å². The van der Waals surface area contributed by atoms with Gasteiger partial charge >= 0.3 is 0 Å². The molecule has 1 heterocycles. The van der Waals surface area contributed by atoms with Crippen LogP contribution in [0.5, 0.6) is 0 Å². The molecule has 1 rings (SSSR count). The fourth-order valence-electron chi connectivity index (χ4n) is 2.55. The molecular weight excluding hydrogens is 270 g/mol. The first-order valence-corrected chi connectivity index (χ1v) is 7.38. The van der Waals surface area contributed by atoms with E-state index in [9.17, 15) is 4.79 Å². The number of aromatic nitrogens is 1. The van der Waals surface area contributed by atoms with E-state index in [4.69, 9.17) is 18.0 Å². The highest BCUT2D eigenvalue weighted by molar-refractivity contribution is 7.80. The van der Waals surface area contributed by atoms with Gasteiger partial charge in [-0.25, -0.2) is 0 Å². The fraction of sp³-hybridized carbons (Fsp3) is 0.533. The summed E-state index contributed by atoms with van der Waals surface area (Å²) < 4.78 is 0. The first-order valence-electron chi connectivity index (χ1n) is 6.97. The van der Waals surface area contributed by atoms with E-state index in [-0.39, 0.29) is 5.91 Å². The minimum atomic E-state index is -0.739. The number of rotatable bonds is 7. The molecule has 110 valence electrons. The maximum absolute atomic E-state index is 12.9. The number of nitrogens with zero attached hydrogens (tertiary/aromatic N) is 2. The molecule has 2 N–H and O–H groups in total. The van der Waals surface area contributed by atoms with Gasteiger partial charge in [0.2, 0.25) is 5.91 Å². The van der Waals surface area contributed by atoms with Crippen LogP contribution in [0.1, 0.15) is 39.5 Å². The Kier molecular flexibility index (Phi) is 6.07. The molecule has 0 radical (unpaired) electrons. The molecule has 0 aliphatic carbocycles. The quantitative estimate of drug-likeness (QED) is 0.785. The van der Waals surface area contributed by atoms with Gasteiger partial charge in [-0.15, -0.1) is 0 Å². The van der Waals surface area contributed by atoms with Gasteiger partial charge in [0.15, 0.2) is 0 Å². The van der Waals surface area contributed by atoms with E-state index in [1.54, 1.807) is 36.5 Å². The zero-order valence-electron chi connectivity index (χ0n) is 12.4. The largest absolute Gasteiger partial charge is 0.392 e. The average molecular weight is 293 g/mol. The molecule has 1 amide bonds. The lowest BCUT2D eigenvalue weighted by Gasteiger charge is -2.35. The number of hydrogen-bond acceptors (Lipinski definition) is 3. The van der Waals surface area contributed by atoms with Crippen molar-refractivity contribution in [3.05, 3.63) is 24.5 Å². The number of pyridine rings is 1. The summed E-state index contributed by atoms with van der Waals surface area (Å²) in [6, 6.07) is 3.61. The maximum Gasteiger partial charge on any atom is 0.239 e. The van der Waals surface area contributed by atoms with Crippen molar-refractivity contribution in [2.24, 2.45) is 11.1 Å². The molecule has 0 fully saturated rings. The van der Waals surface area contributed by atoms with Gasteiger partial charge in [-0.1, -0.05) is 38.9 Å². The molecule has 4 nitrogen and oxygen atoms in total. The van der Waals surface area contributed by atoms with Crippen molar-refractivity contribution < 1.29 is 4.79 Å². The maximum atomic E-state index is 12.9. The molecule has 0 saturated carbocycles. The van der Waals surface area contributed by atoms with Crippen molar-refractivity contribution in [1.29, 1.82) is 0 Å². The van der Waals surface area contributed by atoms with Crippen molar-refractivity contribution in [2.75, 3.05) is 11.9 Å². The van der Waals surface area contributed by atoms with Crippen LogP contribution in [-0.2, 0) is 4.79 Å². The predicted molar refractivity (Wildman–Crippen MR) is 86.7 cm³/mol. The summed E-state index contributed by atoms with van der Waals surface area (Å²) in [4.78, 5) is 18.8. The second-order valence-electron chi connectivity index (χ2n) is 5.02. The van der Waals surface area contributed by atoms with Crippen LogP contribution in [0.15, 0.2) is 24.5 Å². The van der Waals surface area contributed by atoms with Crippen LogP contribution in [0.3, 0.4) is 0 Å². The van der Waals surface area contributed by atoms with E-state index < -0.39 is 5.41 Å². The number of carbonyl (C=O) groups excluding carboxylic acids is 1. The van der Waals surface area contributed by atoms with Gasteiger partial charge in [0.05, 0.1) is 10.4 Å². The van der Waals surface area contributed by atoms with Crippen LogP contribution >= 0.6 is 12.2 Å². The van der Waals surface area contributed by atoms with Crippen molar-refractivity contribution in [3.8, 4) is 0 Å². The highest BCUT2D eigenvalue weighted by atomic mass is 32.1. The smallest absolute Gasteiger partial charge is 0.239 e. The number of amides is 1. The minimum Gasteiger partial charge on any atom is -0.392 e. The van der Waals surface area contributed by atoms with Crippen LogP contribution in [0.2, 0.25) is 0 Å². The Bertz CT molecular complexity index is 455. The van der Waals surface area contributed by atoms with Crippen LogP contribution in [0, 0.1) is 5.41 Å². The van der Waals surface area contributed by atoms with Crippen LogP contribution in [0.4, 0.5) is 5.69 Å². The Labute approximate surface area is 126 Å². The van der Waals surface area contributed by atoms with E-state index in [2.05, 4.69) is 4.98 Å². The van der Waals surface area contributed by atoms with Crippen LogP contribution in [0.25, 0.3) is 0 Å². The average Bonchev–Trinajstić information content (AvgIpc) is 2.46. The molecule has 20 heavy (non-hydrogen) atoms. The van der Waals surface area contributed by atoms with Gasteiger partial charge in [-0.05, 0) is 25.0 Å². The summed E-state index contributed by atoms with van der Waals surface area (Å²) in [6.45, 7) is 4.09. The summed E-state index contributed by atoms with van der Waals surface area (Å²) in [5, 5.41) is 0. The van der Waals surface area contributed by atoms with Gasteiger partial charge in [0.1, 0.15) is 0 Å². The lowest BCUT2D eigenvalue weighted by atomic mass is 9.77. The van der Waals surface area contributed by atoms with Crippen molar-refractivity contribution >= 4 is 28.8 Å². The summed E-state index contributed by atoms with van der Waals surface area (Å²) in [5.74, 6) is -0.0279. The molecule has 0 aromatic carbocycles. The van der Waals surface area contributed by atoms with E-state index in [1.165, 1.54) is 0 Å². The highest BCUT2D eigenvalue weighted by Gasteiger charge is 2.41. The summed E-state index contributed by atoms with van der Waals surface area (Å²) in [6.07, 6.45) is 6.44. The second-order valence-corrected chi connectivity index (χ2v) is 5.46. The van der Waals surface area contributed by atoms with E-state index >= 15 is 0 Å². The molecular formula is C15H23N3OS. The van der Waals surface area contributed by atoms with Crippen molar-refractivity contribution in [2.45, 2.75) is 39.5 Å². The Morgan fingerprint density at radius 3 is 2.20 bits per heavy atom. The number of hydrogen-bond donors (Lipinski definition) is 1. The molecule has 0 atom stereocenters. The normalized spacial score (nSPS) is 11.2. The van der Waals surface area contributed by atoms with Gasteiger partial charge in [-0.3, -0.25) is 9.78 Å². The standard InChI is InChI=1S/C15H23N3OS/c1-4-8-15(9-5-2,13(16)20)14(19)18(3)12-6-10-17-11-7-12/h6-7,10-11H,4-5,8-9H2,1-3H3,(H2,16,20). The molecule has 0 saturated heterocycles. The second kappa shape index (κ2) is 7.33. The molecule has 0 aliphatic heterocycles. The number of thiocarbonyl (C=S) groups is 1. The Morgan fingerprint density at radius 1 is 1.30 bits per heavy atom. The first-order chi connectivity index (χ1) is 9.49. The molecule has 0 aliphatic rings. The SMILES string of the molecule is CCCC(CCC)(C(=O)N(C)c1ccncc1)C(N)=S. The summed E-state index contributed by atoms with van der Waals surface area (Å²) in [7, 11) is 1.76. The zero-order chi connectivity index (χ0) is 15.2. The molecule has 0 bridgehead atoms. The number of carbonyl (C=O) groups is 1.